The molecule has 0 aliphatic rings. The van der Waals surface area contributed by atoms with Gasteiger partial charge in [0.1, 0.15) is 5.82 Å². The summed E-state index contributed by atoms with van der Waals surface area (Å²) in [6, 6.07) is 14.7. The highest BCUT2D eigenvalue weighted by molar-refractivity contribution is 9.09. The summed E-state index contributed by atoms with van der Waals surface area (Å²) >= 11 is 9.52. The van der Waals surface area contributed by atoms with Crippen LogP contribution in [-0.2, 0) is 6.42 Å². The molecule has 0 aliphatic heterocycles. The molecule has 0 N–H and O–H groups in total. The fourth-order valence-electron chi connectivity index (χ4n) is 1.73. The van der Waals surface area contributed by atoms with E-state index in [9.17, 15) is 4.39 Å². The zero-order valence-electron chi connectivity index (χ0n) is 9.04. The van der Waals surface area contributed by atoms with Gasteiger partial charge in [0.15, 0.2) is 0 Å². The van der Waals surface area contributed by atoms with E-state index in [0.717, 1.165) is 5.56 Å². The van der Waals surface area contributed by atoms with Gasteiger partial charge in [0, 0.05) is 15.4 Å². The number of halogens is 3. The molecule has 0 aliphatic carbocycles. The first kappa shape index (κ1) is 12.6. The topological polar surface area (TPSA) is 0 Å². The maximum absolute atomic E-state index is 13.7. The van der Waals surface area contributed by atoms with E-state index in [1.165, 1.54) is 6.07 Å². The molecule has 17 heavy (non-hydrogen) atoms. The molecule has 1 unspecified atom stereocenters. The van der Waals surface area contributed by atoms with Crippen LogP contribution < -0.4 is 0 Å². The van der Waals surface area contributed by atoms with Crippen molar-refractivity contribution in [2.24, 2.45) is 0 Å². The Morgan fingerprint density at radius 3 is 2.41 bits per heavy atom. The molecular formula is C14H11BrClF. The van der Waals surface area contributed by atoms with Crippen molar-refractivity contribution in [1.82, 2.24) is 0 Å². The number of hydrogen-bond acceptors (Lipinski definition) is 0. The molecule has 0 heterocycles. The van der Waals surface area contributed by atoms with E-state index in [-0.39, 0.29) is 10.6 Å². The lowest BCUT2D eigenvalue weighted by Crippen LogP contribution is -1.99. The van der Waals surface area contributed by atoms with Gasteiger partial charge in [-0.05, 0) is 24.1 Å². The van der Waals surface area contributed by atoms with E-state index in [0.29, 0.717) is 17.0 Å². The minimum absolute atomic E-state index is 0.112. The van der Waals surface area contributed by atoms with Gasteiger partial charge in [0.2, 0.25) is 0 Å². The number of alkyl halides is 1. The summed E-state index contributed by atoms with van der Waals surface area (Å²) in [4.78, 5) is -0.112. The second kappa shape index (κ2) is 5.65. The number of hydrogen-bond donors (Lipinski definition) is 0. The Labute approximate surface area is 114 Å². The van der Waals surface area contributed by atoms with Crippen LogP contribution in [0.15, 0.2) is 48.5 Å². The smallest absolute Gasteiger partial charge is 0.129 e. The van der Waals surface area contributed by atoms with E-state index >= 15 is 0 Å². The first-order chi connectivity index (χ1) is 8.18. The predicted octanol–water partition coefficient (Wildman–Crippen LogP) is 5.16. The van der Waals surface area contributed by atoms with Crippen LogP contribution in [0.2, 0.25) is 5.02 Å². The van der Waals surface area contributed by atoms with Gasteiger partial charge in [-0.25, -0.2) is 4.39 Å². The average Bonchev–Trinajstić information content (AvgIpc) is 2.30. The third kappa shape index (κ3) is 3.08. The van der Waals surface area contributed by atoms with Crippen molar-refractivity contribution >= 4 is 27.5 Å². The van der Waals surface area contributed by atoms with Crippen molar-refractivity contribution in [2.75, 3.05) is 0 Å². The lowest BCUT2D eigenvalue weighted by atomic mass is 10.0. The summed E-state index contributed by atoms with van der Waals surface area (Å²) in [6.07, 6.45) is 0.710. The summed E-state index contributed by atoms with van der Waals surface area (Å²) < 4.78 is 13.7. The van der Waals surface area contributed by atoms with E-state index in [1.807, 2.05) is 30.3 Å². The second-order valence-electron chi connectivity index (χ2n) is 3.79. The van der Waals surface area contributed by atoms with Gasteiger partial charge in [-0.1, -0.05) is 63.9 Å². The van der Waals surface area contributed by atoms with Crippen molar-refractivity contribution < 1.29 is 4.39 Å². The van der Waals surface area contributed by atoms with Gasteiger partial charge < -0.3 is 0 Å². The molecule has 0 nitrogen and oxygen atoms in total. The maximum atomic E-state index is 13.7. The molecule has 1 atom stereocenters. The van der Waals surface area contributed by atoms with Crippen LogP contribution in [0.4, 0.5) is 4.39 Å². The van der Waals surface area contributed by atoms with Gasteiger partial charge in [-0.15, -0.1) is 0 Å². The zero-order chi connectivity index (χ0) is 12.3. The van der Waals surface area contributed by atoms with Crippen molar-refractivity contribution in [1.29, 1.82) is 0 Å². The molecule has 88 valence electrons. The molecule has 2 aromatic carbocycles. The van der Waals surface area contributed by atoms with E-state index < -0.39 is 0 Å². The molecule has 0 saturated heterocycles. The lowest BCUT2D eigenvalue weighted by Gasteiger charge is -2.13. The Bertz CT molecular complexity index is 479. The Balaban J connectivity index is 2.23. The molecule has 0 amide bonds. The molecule has 0 aromatic heterocycles. The van der Waals surface area contributed by atoms with E-state index in [4.69, 9.17) is 11.6 Å². The minimum atomic E-state index is -0.268. The summed E-state index contributed by atoms with van der Waals surface area (Å²) in [5.74, 6) is -0.268. The summed E-state index contributed by atoms with van der Waals surface area (Å²) in [7, 11) is 0. The van der Waals surface area contributed by atoms with E-state index in [1.54, 1.807) is 12.1 Å². The highest BCUT2D eigenvalue weighted by Crippen LogP contribution is 2.34. The molecule has 0 spiro atoms. The highest BCUT2D eigenvalue weighted by atomic mass is 79.9. The first-order valence-corrected chi connectivity index (χ1v) is 6.59. The monoisotopic (exact) mass is 312 g/mol. The first-order valence-electron chi connectivity index (χ1n) is 5.30. The van der Waals surface area contributed by atoms with Gasteiger partial charge in [-0.2, -0.15) is 0 Å². The second-order valence-corrected chi connectivity index (χ2v) is 5.31. The van der Waals surface area contributed by atoms with Crippen molar-refractivity contribution in [3.05, 3.63) is 70.5 Å². The fourth-order valence-corrected chi connectivity index (χ4v) is 3.00. The van der Waals surface area contributed by atoms with Crippen LogP contribution >= 0.6 is 27.5 Å². The Morgan fingerprint density at radius 2 is 1.76 bits per heavy atom. The predicted molar refractivity (Wildman–Crippen MR) is 73.2 cm³/mol. The van der Waals surface area contributed by atoms with Crippen LogP contribution in [0, 0.1) is 5.82 Å². The molecule has 0 bridgehead atoms. The zero-order valence-corrected chi connectivity index (χ0v) is 11.4. The van der Waals surface area contributed by atoms with Crippen LogP contribution in [0.25, 0.3) is 0 Å². The Morgan fingerprint density at radius 1 is 1.06 bits per heavy atom. The fraction of sp³-hybridized carbons (Fsp3) is 0.143. The SMILES string of the molecule is Fc1cccc(Cl)c1C(Br)Cc1ccccc1. The largest absolute Gasteiger partial charge is 0.207 e. The van der Waals surface area contributed by atoms with Gasteiger partial charge in [-0.3, -0.25) is 0 Å². The van der Waals surface area contributed by atoms with Crippen molar-refractivity contribution in [2.45, 2.75) is 11.2 Å². The molecule has 2 aromatic rings. The Hall–Kier alpha value is -0.860. The quantitative estimate of drug-likeness (QED) is 0.687. The third-order valence-electron chi connectivity index (χ3n) is 2.57. The number of benzene rings is 2. The van der Waals surface area contributed by atoms with Crippen LogP contribution in [0.5, 0.6) is 0 Å². The van der Waals surface area contributed by atoms with Crippen LogP contribution in [0.1, 0.15) is 16.0 Å². The summed E-state index contributed by atoms with van der Waals surface area (Å²) in [5.41, 5.74) is 1.67. The number of rotatable bonds is 3. The lowest BCUT2D eigenvalue weighted by molar-refractivity contribution is 0.608. The standard InChI is InChI=1S/C14H11BrClF/c15-11(9-10-5-2-1-3-6-10)14-12(16)7-4-8-13(14)17/h1-8,11H,9H2. The molecule has 2 rings (SSSR count). The molecule has 0 radical (unpaired) electrons. The van der Waals surface area contributed by atoms with Crippen molar-refractivity contribution in [3.8, 4) is 0 Å². The van der Waals surface area contributed by atoms with Crippen LogP contribution in [0.3, 0.4) is 0 Å². The summed E-state index contributed by atoms with van der Waals surface area (Å²) in [5, 5.41) is 0.461. The highest BCUT2D eigenvalue weighted by Gasteiger charge is 2.16. The molecule has 0 fully saturated rings. The van der Waals surface area contributed by atoms with Gasteiger partial charge >= 0.3 is 0 Å². The third-order valence-corrected chi connectivity index (χ3v) is 3.68. The maximum Gasteiger partial charge on any atom is 0.129 e. The molecule has 0 saturated carbocycles. The van der Waals surface area contributed by atoms with Crippen LogP contribution in [-0.4, -0.2) is 0 Å². The Kier molecular flexibility index (Phi) is 4.19. The van der Waals surface area contributed by atoms with E-state index in [2.05, 4.69) is 15.9 Å². The molecule has 3 heteroatoms. The summed E-state index contributed by atoms with van der Waals surface area (Å²) in [6.45, 7) is 0. The van der Waals surface area contributed by atoms with Gasteiger partial charge in [0.25, 0.3) is 0 Å². The van der Waals surface area contributed by atoms with Crippen molar-refractivity contribution in [3.63, 3.8) is 0 Å². The minimum Gasteiger partial charge on any atom is -0.207 e. The molecular weight excluding hydrogens is 303 g/mol. The average molecular weight is 314 g/mol. The van der Waals surface area contributed by atoms with Gasteiger partial charge in [0.05, 0.1) is 0 Å². The normalized spacial score (nSPS) is 12.4.